The molecule has 2 atom stereocenters. The summed E-state index contributed by atoms with van der Waals surface area (Å²) in [5, 5.41) is 11.6. The van der Waals surface area contributed by atoms with Crippen LogP contribution in [0.3, 0.4) is 0 Å². The van der Waals surface area contributed by atoms with E-state index < -0.39 is 29.0 Å². The number of fused-ring (bicyclic) bond motifs is 2. The van der Waals surface area contributed by atoms with Gasteiger partial charge in [-0.3, -0.25) is 19.2 Å². The summed E-state index contributed by atoms with van der Waals surface area (Å²) in [4.78, 5) is 63.0. The number of H-pyrrole nitrogens is 1. The molecule has 4 aromatic rings. The third kappa shape index (κ3) is 6.45. The number of nitrogens with one attached hydrogen (secondary N) is 2. The van der Waals surface area contributed by atoms with Crippen molar-refractivity contribution in [3.05, 3.63) is 78.3 Å². The number of hydrogen-bond donors (Lipinski definition) is 2. The van der Waals surface area contributed by atoms with E-state index in [2.05, 4.69) is 20.5 Å². The summed E-state index contributed by atoms with van der Waals surface area (Å²) < 4.78 is 52.1. The highest BCUT2D eigenvalue weighted by Gasteiger charge is 2.47. The highest BCUT2D eigenvalue weighted by atomic mass is 35.5. The van der Waals surface area contributed by atoms with Crippen LogP contribution in [0, 0.1) is 6.92 Å². The Bertz CT molecular complexity index is 2280. The Morgan fingerprint density at radius 1 is 1.13 bits per heavy atom. The summed E-state index contributed by atoms with van der Waals surface area (Å²) in [5.74, 6) is -1.01. The summed E-state index contributed by atoms with van der Waals surface area (Å²) in [6, 6.07) is 2.05. The van der Waals surface area contributed by atoms with Crippen molar-refractivity contribution in [1.29, 1.82) is 0 Å². The second-order valence-corrected chi connectivity index (χ2v) is 13.5. The Hall–Kier alpha value is -5.16. The average Bonchev–Trinajstić information content (AvgIpc) is 3.57. The van der Waals surface area contributed by atoms with Crippen molar-refractivity contribution in [2.24, 2.45) is 0 Å². The number of benzene rings is 1. The molecule has 1 saturated heterocycles. The van der Waals surface area contributed by atoms with Crippen LogP contribution in [0.25, 0.3) is 16.9 Å². The number of aromatic amines is 1. The number of alkyl halides is 3. The summed E-state index contributed by atoms with van der Waals surface area (Å²) in [7, 11) is 1.38. The van der Waals surface area contributed by atoms with E-state index >= 15 is 0 Å². The Morgan fingerprint density at radius 3 is 2.55 bits per heavy atom. The van der Waals surface area contributed by atoms with Gasteiger partial charge < -0.3 is 34.1 Å². The fourth-order valence-corrected chi connectivity index (χ4v) is 7.51. The van der Waals surface area contributed by atoms with E-state index in [1.807, 2.05) is 17.9 Å². The number of methoxy groups -OCH3 is 1. The SMILES string of the molecule is CCc1c(N2CCN(C(=O)c3c(OC)[nH]cc(C)c3=O)[C@H]3CC[C@@H]32)c(=O)c2nn(C3=CCOCC3)nc2n1CC(=O)Nc1ccc(C(F)(F)F)cc1Cl. The van der Waals surface area contributed by atoms with Gasteiger partial charge in [-0.05, 0) is 50.5 Å². The number of hydrogen-bond acceptors (Lipinski definition) is 9. The Kier molecular flexibility index (Phi) is 9.57. The van der Waals surface area contributed by atoms with Crippen LogP contribution in [0.1, 0.15) is 53.4 Å². The van der Waals surface area contributed by atoms with Crippen molar-refractivity contribution in [1.82, 2.24) is 29.4 Å². The fourth-order valence-electron chi connectivity index (χ4n) is 7.28. The molecule has 0 spiro atoms. The van der Waals surface area contributed by atoms with E-state index in [9.17, 15) is 32.3 Å². The molecule has 3 aliphatic rings. The minimum Gasteiger partial charge on any atom is -0.482 e. The van der Waals surface area contributed by atoms with Crippen LogP contribution in [0.15, 0.2) is 40.1 Å². The van der Waals surface area contributed by atoms with Gasteiger partial charge in [0.15, 0.2) is 11.2 Å². The van der Waals surface area contributed by atoms with Gasteiger partial charge in [-0.2, -0.15) is 18.0 Å². The predicted octanol–water partition coefficient (Wildman–Crippen LogP) is 4.23. The highest BCUT2D eigenvalue weighted by Crippen LogP contribution is 2.39. The molecule has 1 aliphatic carbocycles. The number of ether oxygens (including phenoxy) is 2. The van der Waals surface area contributed by atoms with Crippen molar-refractivity contribution in [3.8, 4) is 5.88 Å². The molecular weight excluding hydrogens is 721 g/mol. The maximum Gasteiger partial charge on any atom is 0.416 e. The van der Waals surface area contributed by atoms with Crippen molar-refractivity contribution in [2.75, 3.05) is 43.6 Å². The lowest BCUT2D eigenvalue weighted by Gasteiger charge is -2.54. The summed E-state index contributed by atoms with van der Waals surface area (Å²) in [6.07, 6.45) is 0.760. The second kappa shape index (κ2) is 14.0. The number of nitrogens with zero attached hydrogens (tertiary/aromatic N) is 6. The number of pyridine rings is 2. The van der Waals surface area contributed by atoms with Gasteiger partial charge in [0.2, 0.25) is 22.6 Å². The lowest BCUT2D eigenvalue weighted by atomic mass is 9.81. The van der Waals surface area contributed by atoms with Crippen LogP contribution in [0.2, 0.25) is 5.02 Å². The molecule has 14 nitrogen and oxygen atoms in total. The van der Waals surface area contributed by atoms with E-state index in [1.54, 1.807) is 16.4 Å². The Labute approximate surface area is 305 Å². The van der Waals surface area contributed by atoms with Gasteiger partial charge in [0.05, 0.1) is 48.3 Å². The van der Waals surface area contributed by atoms with Gasteiger partial charge >= 0.3 is 6.18 Å². The molecule has 2 aliphatic heterocycles. The van der Waals surface area contributed by atoms with E-state index in [4.69, 9.17) is 21.1 Å². The third-order valence-electron chi connectivity index (χ3n) is 10.1. The monoisotopic (exact) mass is 756 g/mol. The van der Waals surface area contributed by atoms with E-state index in [0.29, 0.717) is 61.5 Å². The molecule has 0 bridgehead atoms. The lowest BCUT2D eigenvalue weighted by molar-refractivity contribution is -0.137. The van der Waals surface area contributed by atoms with Crippen LogP contribution < -0.4 is 25.8 Å². The minimum absolute atomic E-state index is 0.0154. The number of anilines is 2. The van der Waals surface area contributed by atoms with Gasteiger partial charge in [0.1, 0.15) is 17.8 Å². The maximum atomic E-state index is 14.5. The zero-order valence-electron chi connectivity index (χ0n) is 29.1. The van der Waals surface area contributed by atoms with Gasteiger partial charge in [-0.1, -0.05) is 18.5 Å². The zero-order chi connectivity index (χ0) is 37.8. The average molecular weight is 757 g/mol. The molecule has 280 valence electrons. The predicted molar refractivity (Wildman–Crippen MR) is 190 cm³/mol. The fraction of sp³-hybridized carbons (Fsp3) is 0.429. The lowest BCUT2D eigenvalue weighted by Crippen LogP contribution is -2.67. The zero-order valence-corrected chi connectivity index (χ0v) is 29.8. The van der Waals surface area contributed by atoms with E-state index in [-0.39, 0.29) is 70.5 Å². The van der Waals surface area contributed by atoms with Crippen LogP contribution in [-0.4, -0.2) is 86.8 Å². The topological polar surface area (TPSA) is 157 Å². The molecule has 0 unspecified atom stereocenters. The first-order valence-electron chi connectivity index (χ1n) is 17.1. The molecule has 53 heavy (non-hydrogen) atoms. The number of piperazine rings is 1. The van der Waals surface area contributed by atoms with Gasteiger partial charge in [0.25, 0.3) is 5.91 Å². The molecule has 3 aromatic heterocycles. The minimum atomic E-state index is -4.62. The third-order valence-corrected chi connectivity index (χ3v) is 10.4. The summed E-state index contributed by atoms with van der Waals surface area (Å²) in [6.45, 7) is 4.30. The molecule has 7 rings (SSSR count). The maximum absolute atomic E-state index is 14.5. The number of carbonyl (C=O) groups excluding carboxylic acids is 2. The first-order valence-corrected chi connectivity index (χ1v) is 17.5. The van der Waals surface area contributed by atoms with Crippen molar-refractivity contribution >= 4 is 51.7 Å². The largest absolute Gasteiger partial charge is 0.482 e. The van der Waals surface area contributed by atoms with Crippen molar-refractivity contribution in [2.45, 2.75) is 64.3 Å². The molecule has 2 fully saturated rings. The summed E-state index contributed by atoms with van der Waals surface area (Å²) >= 11 is 6.15. The number of halogens is 4. The van der Waals surface area contributed by atoms with Gasteiger partial charge in [-0.15, -0.1) is 10.2 Å². The Morgan fingerprint density at radius 2 is 1.91 bits per heavy atom. The standard InChI is InChI=1S/C35H36ClF3N8O6/c1-4-23-29(44-11-12-45(25-8-7-24(25)44)34(51)27-30(49)18(2)16-40-33(27)52-3)31(50)28-32(43-47(42-28)20-9-13-53-14-10-20)46(23)17-26(48)41-22-6-5-19(15-21(22)36)35(37,38)39/h5-6,9,15-16,24-25H,4,7-8,10-14,17H2,1-3H3,(H,40,49)(H,41,48)/t24-,25-/m0/s1. The molecule has 18 heteroatoms. The highest BCUT2D eigenvalue weighted by molar-refractivity contribution is 6.33. The Balaban J connectivity index is 1.27. The number of rotatable bonds is 8. The quantitative estimate of drug-likeness (QED) is 0.269. The molecule has 1 aromatic carbocycles. The molecule has 2 amide bonds. The van der Waals surface area contributed by atoms with Crippen molar-refractivity contribution < 1.29 is 32.2 Å². The van der Waals surface area contributed by atoms with E-state index in [0.717, 1.165) is 18.2 Å². The summed E-state index contributed by atoms with van der Waals surface area (Å²) in [5.41, 5.74) is 0.205. The molecule has 0 radical (unpaired) electrons. The first kappa shape index (κ1) is 36.2. The van der Waals surface area contributed by atoms with Crippen LogP contribution in [0.4, 0.5) is 24.5 Å². The van der Waals surface area contributed by atoms with Gasteiger partial charge in [0, 0.05) is 43.0 Å². The second-order valence-electron chi connectivity index (χ2n) is 13.1. The molecule has 5 heterocycles. The normalized spacial score (nSPS) is 18.7. The van der Waals surface area contributed by atoms with Crippen LogP contribution >= 0.6 is 11.6 Å². The van der Waals surface area contributed by atoms with E-state index in [1.165, 1.54) is 18.1 Å². The first-order chi connectivity index (χ1) is 25.3. The van der Waals surface area contributed by atoms with Crippen LogP contribution in [0.5, 0.6) is 5.88 Å². The molecule has 1 saturated carbocycles. The number of aromatic nitrogens is 5. The number of aryl methyl sites for hydroxylation is 1. The number of amides is 2. The van der Waals surface area contributed by atoms with Crippen molar-refractivity contribution in [3.63, 3.8) is 0 Å². The smallest absolute Gasteiger partial charge is 0.416 e. The molecular formula is C35H36ClF3N8O6. The van der Waals surface area contributed by atoms with Gasteiger partial charge in [-0.25, -0.2) is 0 Å². The van der Waals surface area contributed by atoms with Crippen LogP contribution in [-0.2, 0) is 28.7 Å². The molecule has 2 N–H and O–H groups in total. The number of carbonyl (C=O) groups is 2.